The Bertz CT molecular complexity index is 816. The van der Waals surface area contributed by atoms with Crippen molar-refractivity contribution in [3.8, 4) is 0 Å². The maximum absolute atomic E-state index is 13.6. The molecule has 0 radical (unpaired) electrons. The minimum atomic E-state index is -3.87. The van der Waals surface area contributed by atoms with E-state index in [1.807, 2.05) is 0 Å². The van der Waals surface area contributed by atoms with Crippen LogP contribution < -0.4 is 10.9 Å². The van der Waals surface area contributed by atoms with E-state index in [1.54, 1.807) is 12.1 Å². The van der Waals surface area contributed by atoms with E-state index in [4.69, 9.17) is 16.3 Å². The Morgan fingerprint density at radius 1 is 1.35 bits per heavy atom. The molecule has 0 spiro atoms. The second-order valence-electron chi connectivity index (χ2n) is 7.19. The first kappa shape index (κ1) is 18.2. The molecule has 3 fully saturated rings. The lowest BCUT2D eigenvalue weighted by Crippen LogP contribution is -2.72. The van der Waals surface area contributed by atoms with Gasteiger partial charge >= 0.3 is 5.97 Å². The third-order valence-corrected chi connectivity index (χ3v) is 8.23. The summed E-state index contributed by atoms with van der Waals surface area (Å²) < 4.78 is 33.7. The molecule has 3 aliphatic heterocycles. The number of carbonyl (C=O) groups is 1. The van der Waals surface area contributed by atoms with E-state index in [1.165, 1.54) is 23.5 Å². The Kier molecular flexibility index (Phi) is 4.51. The van der Waals surface area contributed by atoms with E-state index in [0.717, 1.165) is 12.8 Å². The highest BCUT2D eigenvalue weighted by molar-refractivity contribution is 7.89. The Hall–Kier alpha value is -1.19. The quantitative estimate of drug-likeness (QED) is 0.745. The van der Waals surface area contributed by atoms with E-state index in [2.05, 4.69) is 10.9 Å². The molecule has 3 aliphatic rings. The van der Waals surface area contributed by atoms with Gasteiger partial charge in [0.25, 0.3) is 0 Å². The smallest absolute Gasteiger partial charge is 0.327 e. The number of methoxy groups -OCH3 is 1. The van der Waals surface area contributed by atoms with E-state index < -0.39 is 21.5 Å². The zero-order chi connectivity index (χ0) is 18.5. The normalized spacial score (nSPS) is 34.3. The highest BCUT2D eigenvalue weighted by atomic mass is 35.5. The van der Waals surface area contributed by atoms with Crippen molar-refractivity contribution in [1.29, 1.82) is 0 Å². The summed E-state index contributed by atoms with van der Waals surface area (Å²) in [5.41, 5.74) is 5.13. The molecule has 0 amide bonds. The predicted octanol–water partition coefficient (Wildman–Crippen LogP) is 1.29. The summed E-state index contributed by atoms with van der Waals surface area (Å²) in [4.78, 5) is 13.1. The van der Waals surface area contributed by atoms with Gasteiger partial charge in [-0.25, -0.2) is 8.42 Å². The van der Waals surface area contributed by atoms with Crippen LogP contribution in [0.1, 0.15) is 25.7 Å². The summed E-state index contributed by atoms with van der Waals surface area (Å²) in [6, 6.07) is 5.92. The number of nitrogens with zero attached hydrogens (tertiary/aromatic N) is 1. The molecular formula is C17H22ClN3O4S. The Labute approximate surface area is 158 Å². The number of carbonyl (C=O) groups excluding carboxylic acids is 1. The Morgan fingerprint density at radius 3 is 2.77 bits per heavy atom. The van der Waals surface area contributed by atoms with Crippen LogP contribution in [0.15, 0.2) is 29.2 Å². The number of piperidine rings is 2. The number of nitrogens with one attached hydrogen (secondary N) is 2. The number of sulfonamides is 1. The van der Waals surface area contributed by atoms with Gasteiger partial charge in [-0.15, -0.1) is 0 Å². The molecule has 1 aromatic rings. The van der Waals surface area contributed by atoms with E-state index >= 15 is 0 Å². The third-order valence-electron chi connectivity index (χ3n) is 5.96. The number of ether oxygens (including phenoxy) is 1. The minimum Gasteiger partial charge on any atom is -0.468 e. The first-order valence-corrected chi connectivity index (χ1v) is 10.6. The molecule has 142 valence electrons. The van der Waals surface area contributed by atoms with Crippen molar-refractivity contribution in [3.63, 3.8) is 0 Å². The summed E-state index contributed by atoms with van der Waals surface area (Å²) in [5.74, 6) is -0.645. The number of hydrogen-bond donors (Lipinski definition) is 2. The summed E-state index contributed by atoms with van der Waals surface area (Å²) in [5, 5.41) is 0.467. The number of halogens is 1. The van der Waals surface area contributed by atoms with Crippen molar-refractivity contribution in [2.24, 2.45) is 5.92 Å². The van der Waals surface area contributed by atoms with Crippen molar-refractivity contribution in [1.82, 2.24) is 15.2 Å². The van der Waals surface area contributed by atoms with Gasteiger partial charge in [0, 0.05) is 29.6 Å². The molecule has 26 heavy (non-hydrogen) atoms. The monoisotopic (exact) mass is 399 g/mol. The number of benzene rings is 1. The lowest BCUT2D eigenvalue weighted by Gasteiger charge is -2.55. The molecule has 9 heteroatoms. The van der Waals surface area contributed by atoms with Gasteiger partial charge in [0.1, 0.15) is 5.54 Å². The molecule has 3 heterocycles. The van der Waals surface area contributed by atoms with Gasteiger partial charge in [-0.3, -0.25) is 15.6 Å². The Balaban J connectivity index is 1.87. The fourth-order valence-electron chi connectivity index (χ4n) is 4.93. The summed E-state index contributed by atoms with van der Waals surface area (Å²) in [7, 11) is -2.55. The van der Waals surface area contributed by atoms with Crippen LogP contribution in [-0.4, -0.2) is 50.0 Å². The standard InChI is InChI=1S/C17H22ClN3O4S/c1-25-16(22)17-8-2-3-12(9-15-14(17)10-19-20-15)21(17)26(23,24)13-6-4-11(18)5-7-13/h4-7,12,14-15,19-20H,2-3,8-10H2,1H3. The molecule has 4 atom stereocenters. The van der Waals surface area contributed by atoms with Crippen molar-refractivity contribution in [3.05, 3.63) is 29.3 Å². The second-order valence-corrected chi connectivity index (χ2v) is 9.44. The van der Waals surface area contributed by atoms with Crippen molar-refractivity contribution < 1.29 is 17.9 Å². The van der Waals surface area contributed by atoms with Crippen molar-refractivity contribution >= 4 is 27.6 Å². The zero-order valence-electron chi connectivity index (χ0n) is 14.4. The first-order valence-electron chi connectivity index (χ1n) is 8.78. The topological polar surface area (TPSA) is 87.7 Å². The molecule has 2 N–H and O–H groups in total. The SMILES string of the molecule is COC(=O)C12CCCC(CC3NNCC31)N2S(=O)(=O)c1ccc(Cl)cc1. The average molecular weight is 400 g/mol. The van der Waals surface area contributed by atoms with Gasteiger partial charge in [0.05, 0.1) is 12.0 Å². The van der Waals surface area contributed by atoms with E-state index in [-0.39, 0.29) is 22.9 Å². The maximum Gasteiger partial charge on any atom is 0.327 e. The number of fused-ring (bicyclic) bond motifs is 4. The van der Waals surface area contributed by atoms with Crippen LogP contribution in [0.25, 0.3) is 0 Å². The molecule has 0 aliphatic carbocycles. The summed E-state index contributed by atoms with van der Waals surface area (Å²) in [6.45, 7) is 0.527. The number of hydrazine groups is 1. The molecular weight excluding hydrogens is 378 g/mol. The highest BCUT2D eigenvalue weighted by Gasteiger charge is 2.65. The molecule has 7 nitrogen and oxygen atoms in total. The largest absolute Gasteiger partial charge is 0.468 e. The van der Waals surface area contributed by atoms with Crippen molar-refractivity contribution in [2.45, 2.75) is 48.2 Å². The van der Waals surface area contributed by atoms with Gasteiger partial charge in [0.15, 0.2) is 0 Å². The van der Waals surface area contributed by atoms with Crippen LogP contribution in [0.5, 0.6) is 0 Å². The molecule has 4 rings (SSSR count). The van der Waals surface area contributed by atoms with Gasteiger partial charge in [-0.1, -0.05) is 11.6 Å². The lowest BCUT2D eigenvalue weighted by atomic mass is 9.67. The molecule has 2 bridgehead atoms. The summed E-state index contributed by atoms with van der Waals surface area (Å²) >= 11 is 5.92. The number of rotatable bonds is 3. The van der Waals surface area contributed by atoms with E-state index in [9.17, 15) is 13.2 Å². The third kappa shape index (κ3) is 2.51. The van der Waals surface area contributed by atoms with Crippen LogP contribution >= 0.6 is 11.6 Å². The molecule has 3 saturated heterocycles. The summed E-state index contributed by atoms with van der Waals surface area (Å²) in [6.07, 6.45) is 2.67. The maximum atomic E-state index is 13.6. The van der Waals surface area contributed by atoms with Crippen LogP contribution in [0, 0.1) is 5.92 Å². The second kappa shape index (κ2) is 6.45. The molecule has 1 aromatic carbocycles. The Morgan fingerprint density at radius 2 is 2.08 bits per heavy atom. The van der Waals surface area contributed by atoms with Gasteiger partial charge in [-0.05, 0) is 49.9 Å². The van der Waals surface area contributed by atoms with Crippen LogP contribution in [0.2, 0.25) is 5.02 Å². The van der Waals surface area contributed by atoms with E-state index in [0.29, 0.717) is 24.4 Å². The fraction of sp³-hybridized carbons (Fsp3) is 0.588. The lowest BCUT2D eigenvalue weighted by molar-refractivity contribution is -0.164. The van der Waals surface area contributed by atoms with Crippen LogP contribution in [-0.2, 0) is 19.6 Å². The molecule has 4 unspecified atom stereocenters. The van der Waals surface area contributed by atoms with Gasteiger partial charge in [-0.2, -0.15) is 4.31 Å². The molecule has 0 aromatic heterocycles. The average Bonchev–Trinajstić information content (AvgIpc) is 3.09. The molecule has 0 saturated carbocycles. The number of esters is 1. The van der Waals surface area contributed by atoms with Gasteiger partial charge in [0.2, 0.25) is 10.0 Å². The van der Waals surface area contributed by atoms with Gasteiger partial charge < -0.3 is 4.74 Å². The minimum absolute atomic E-state index is 0.0519. The van der Waals surface area contributed by atoms with Crippen molar-refractivity contribution in [2.75, 3.05) is 13.7 Å². The van der Waals surface area contributed by atoms with Crippen LogP contribution in [0.4, 0.5) is 0 Å². The first-order chi connectivity index (χ1) is 12.4. The number of hydrogen-bond acceptors (Lipinski definition) is 6. The fourth-order valence-corrected chi connectivity index (χ4v) is 7.08. The van der Waals surface area contributed by atoms with Crippen LogP contribution in [0.3, 0.4) is 0 Å². The highest BCUT2D eigenvalue weighted by Crippen LogP contribution is 2.49. The zero-order valence-corrected chi connectivity index (χ0v) is 16.0. The predicted molar refractivity (Wildman–Crippen MR) is 95.9 cm³/mol.